The van der Waals surface area contributed by atoms with Crippen molar-refractivity contribution in [3.8, 4) is 6.07 Å². The number of pyridine rings is 1. The first-order chi connectivity index (χ1) is 10.0. The monoisotopic (exact) mass is 346 g/mol. The van der Waals surface area contributed by atoms with Crippen LogP contribution >= 0.6 is 15.9 Å². The van der Waals surface area contributed by atoms with E-state index in [9.17, 15) is 10.1 Å². The Bertz CT molecular complexity index is 727. The third kappa shape index (κ3) is 3.55. The zero-order valence-corrected chi connectivity index (χ0v) is 12.7. The lowest BCUT2D eigenvalue weighted by molar-refractivity contribution is -0.384. The van der Waals surface area contributed by atoms with Gasteiger partial charge in [-0.05, 0) is 33.6 Å². The van der Waals surface area contributed by atoms with Crippen LogP contribution in [-0.4, -0.2) is 17.0 Å². The number of nitrogens with zero attached hydrogens (tertiary/aromatic N) is 4. The second kappa shape index (κ2) is 6.33. The van der Waals surface area contributed by atoms with Gasteiger partial charge in [0.2, 0.25) is 5.82 Å². The maximum Gasteiger partial charge on any atom is 0.312 e. The van der Waals surface area contributed by atoms with E-state index in [-0.39, 0.29) is 11.5 Å². The van der Waals surface area contributed by atoms with Crippen molar-refractivity contribution >= 4 is 27.4 Å². The highest BCUT2D eigenvalue weighted by atomic mass is 79.9. The molecule has 0 saturated heterocycles. The quantitative estimate of drug-likeness (QED) is 0.626. The summed E-state index contributed by atoms with van der Waals surface area (Å²) in [6.07, 6.45) is 1.52. The number of nitro groups is 1. The van der Waals surface area contributed by atoms with Crippen molar-refractivity contribution < 1.29 is 4.92 Å². The molecule has 6 nitrogen and oxygen atoms in total. The van der Waals surface area contributed by atoms with Crippen LogP contribution in [0.5, 0.6) is 0 Å². The Morgan fingerprint density at radius 1 is 1.48 bits per heavy atom. The second-order valence-corrected chi connectivity index (χ2v) is 5.34. The van der Waals surface area contributed by atoms with E-state index in [1.165, 1.54) is 12.3 Å². The highest BCUT2D eigenvalue weighted by Gasteiger charge is 2.19. The lowest BCUT2D eigenvalue weighted by atomic mass is 10.1. The zero-order valence-electron chi connectivity index (χ0n) is 11.2. The van der Waals surface area contributed by atoms with Crippen LogP contribution in [0.15, 0.2) is 41.0 Å². The molecule has 2 rings (SSSR count). The molecule has 7 heteroatoms. The second-order valence-electron chi connectivity index (χ2n) is 4.42. The number of benzene rings is 1. The maximum atomic E-state index is 11.1. The number of hydrogen-bond acceptors (Lipinski definition) is 5. The minimum Gasteiger partial charge on any atom is -0.350 e. The first kappa shape index (κ1) is 14.9. The van der Waals surface area contributed by atoms with Gasteiger partial charge in [-0.2, -0.15) is 5.26 Å². The minimum atomic E-state index is -0.463. The molecule has 0 N–H and O–H groups in total. The smallest absolute Gasteiger partial charge is 0.312 e. The van der Waals surface area contributed by atoms with Crippen molar-refractivity contribution in [1.82, 2.24) is 4.98 Å². The summed E-state index contributed by atoms with van der Waals surface area (Å²) < 4.78 is 0.554. The van der Waals surface area contributed by atoms with Crippen LogP contribution in [0.3, 0.4) is 0 Å². The molecule has 106 valence electrons. The molecule has 0 bridgehead atoms. The van der Waals surface area contributed by atoms with E-state index in [0.29, 0.717) is 16.6 Å². The van der Waals surface area contributed by atoms with Gasteiger partial charge in [-0.1, -0.05) is 12.1 Å². The van der Waals surface area contributed by atoms with E-state index in [1.807, 2.05) is 6.07 Å². The molecule has 0 aliphatic heterocycles. The van der Waals surface area contributed by atoms with Crippen LogP contribution in [0, 0.1) is 21.4 Å². The largest absolute Gasteiger partial charge is 0.350 e. The Hall–Kier alpha value is -2.46. The summed E-state index contributed by atoms with van der Waals surface area (Å²) >= 11 is 3.18. The Balaban J connectivity index is 2.30. The van der Waals surface area contributed by atoms with E-state index in [2.05, 4.69) is 27.0 Å². The van der Waals surface area contributed by atoms with Crippen LogP contribution in [0.1, 0.15) is 11.1 Å². The summed E-state index contributed by atoms with van der Waals surface area (Å²) in [5, 5.41) is 20.0. The molecule has 0 radical (unpaired) electrons. The van der Waals surface area contributed by atoms with E-state index in [4.69, 9.17) is 5.26 Å². The van der Waals surface area contributed by atoms with Gasteiger partial charge in [-0.15, -0.1) is 0 Å². The summed E-state index contributed by atoms with van der Waals surface area (Å²) in [7, 11) is 1.72. The van der Waals surface area contributed by atoms with Crippen molar-refractivity contribution in [1.29, 1.82) is 5.26 Å². The molecule has 0 atom stereocenters. The Labute approximate surface area is 129 Å². The SMILES string of the molecule is CN(Cc1cccc(C#N)c1)c1ncc(Br)cc1[N+](=O)[O-]. The molecular formula is C14H11BrN4O2. The van der Waals surface area contributed by atoms with Gasteiger partial charge in [0, 0.05) is 30.3 Å². The van der Waals surface area contributed by atoms with Gasteiger partial charge in [0.15, 0.2) is 0 Å². The fourth-order valence-corrected chi connectivity index (χ4v) is 2.26. The summed E-state index contributed by atoms with van der Waals surface area (Å²) in [5.74, 6) is 0.283. The zero-order chi connectivity index (χ0) is 15.4. The molecule has 2 aromatic rings. The molecule has 0 aliphatic carbocycles. The highest BCUT2D eigenvalue weighted by molar-refractivity contribution is 9.10. The molecule has 0 saturated carbocycles. The average molecular weight is 347 g/mol. The fourth-order valence-electron chi connectivity index (χ4n) is 1.94. The number of hydrogen-bond donors (Lipinski definition) is 0. The van der Waals surface area contributed by atoms with E-state index in [1.54, 1.807) is 30.1 Å². The number of anilines is 1. The average Bonchev–Trinajstić information content (AvgIpc) is 2.47. The maximum absolute atomic E-state index is 11.1. The lowest BCUT2D eigenvalue weighted by Crippen LogP contribution is -2.19. The number of rotatable bonds is 4. The summed E-state index contributed by atoms with van der Waals surface area (Å²) in [4.78, 5) is 16.4. The molecule has 0 spiro atoms. The van der Waals surface area contributed by atoms with Crippen molar-refractivity contribution in [2.75, 3.05) is 11.9 Å². The first-order valence-electron chi connectivity index (χ1n) is 6.01. The Morgan fingerprint density at radius 2 is 2.24 bits per heavy atom. The van der Waals surface area contributed by atoms with Crippen molar-refractivity contribution in [3.63, 3.8) is 0 Å². The van der Waals surface area contributed by atoms with Gasteiger partial charge >= 0.3 is 5.69 Å². The Kier molecular flexibility index (Phi) is 4.50. The van der Waals surface area contributed by atoms with Gasteiger partial charge < -0.3 is 4.90 Å². The molecule has 0 aliphatic rings. The normalized spacial score (nSPS) is 9.95. The molecule has 1 heterocycles. The van der Waals surface area contributed by atoms with E-state index >= 15 is 0 Å². The predicted molar refractivity (Wildman–Crippen MR) is 81.9 cm³/mol. The van der Waals surface area contributed by atoms with Crippen LogP contribution < -0.4 is 4.90 Å². The molecule has 0 amide bonds. The molecule has 0 fully saturated rings. The standard InChI is InChI=1S/C14H11BrN4O2/c1-18(9-11-4-2-3-10(5-11)7-16)14-13(19(20)21)6-12(15)8-17-14/h2-6,8H,9H2,1H3. The van der Waals surface area contributed by atoms with E-state index < -0.39 is 4.92 Å². The Morgan fingerprint density at radius 3 is 2.90 bits per heavy atom. The molecule has 1 aromatic carbocycles. The molecule has 21 heavy (non-hydrogen) atoms. The van der Waals surface area contributed by atoms with Gasteiger partial charge in [0.25, 0.3) is 0 Å². The van der Waals surface area contributed by atoms with Crippen molar-refractivity contribution in [2.45, 2.75) is 6.54 Å². The summed E-state index contributed by atoms with van der Waals surface area (Å²) in [6, 6.07) is 10.6. The van der Waals surface area contributed by atoms with E-state index in [0.717, 1.165) is 5.56 Å². The lowest BCUT2D eigenvalue weighted by Gasteiger charge is -2.18. The van der Waals surface area contributed by atoms with Crippen LogP contribution in [0.25, 0.3) is 0 Å². The van der Waals surface area contributed by atoms with Crippen LogP contribution in [-0.2, 0) is 6.54 Å². The predicted octanol–water partition coefficient (Wildman–Crippen LogP) is 3.26. The molecule has 1 aromatic heterocycles. The van der Waals surface area contributed by atoms with Gasteiger partial charge in [0.05, 0.1) is 16.6 Å². The first-order valence-corrected chi connectivity index (χ1v) is 6.80. The van der Waals surface area contributed by atoms with Crippen molar-refractivity contribution in [2.24, 2.45) is 0 Å². The van der Waals surface area contributed by atoms with Gasteiger partial charge in [-0.3, -0.25) is 10.1 Å². The number of nitriles is 1. The van der Waals surface area contributed by atoms with Crippen LogP contribution in [0.2, 0.25) is 0 Å². The molecular weight excluding hydrogens is 336 g/mol. The van der Waals surface area contributed by atoms with Crippen molar-refractivity contribution in [3.05, 3.63) is 62.2 Å². The van der Waals surface area contributed by atoms with Gasteiger partial charge in [0.1, 0.15) is 0 Å². The topological polar surface area (TPSA) is 83.1 Å². The molecule has 0 unspecified atom stereocenters. The third-order valence-electron chi connectivity index (χ3n) is 2.85. The number of halogens is 1. The minimum absolute atomic E-state index is 0.0664. The van der Waals surface area contributed by atoms with Crippen LogP contribution in [0.4, 0.5) is 11.5 Å². The highest BCUT2D eigenvalue weighted by Crippen LogP contribution is 2.28. The third-order valence-corrected chi connectivity index (χ3v) is 3.28. The summed E-state index contributed by atoms with van der Waals surface area (Å²) in [5.41, 5.74) is 1.37. The number of aromatic nitrogens is 1. The summed E-state index contributed by atoms with van der Waals surface area (Å²) in [6.45, 7) is 0.422. The van der Waals surface area contributed by atoms with Gasteiger partial charge in [-0.25, -0.2) is 4.98 Å². The fraction of sp³-hybridized carbons (Fsp3) is 0.143.